The Hall–Kier alpha value is -1.55. The summed E-state index contributed by atoms with van der Waals surface area (Å²) >= 11 is 0. The molecule has 0 unspecified atom stereocenters. The second-order valence-corrected chi connectivity index (χ2v) is 2.55. The molecule has 2 aromatic rings. The average Bonchev–Trinajstić information content (AvgIpc) is 2.75. The van der Waals surface area contributed by atoms with Crippen LogP contribution in [0.2, 0.25) is 0 Å². The highest BCUT2D eigenvalue weighted by molar-refractivity contribution is 5.56. The molecule has 62 valence electrons. The lowest BCUT2D eigenvalue weighted by atomic mass is 10.3. The van der Waals surface area contributed by atoms with Crippen LogP contribution in [0.5, 0.6) is 0 Å². The predicted octanol–water partition coefficient (Wildman–Crippen LogP) is 0.863. The Morgan fingerprint density at radius 1 is 1.50 bits per heavy atom. The number of nitrogens with zero attached hydrogens (tertiary/aromatic N) is 1. The van der Waals surface area contributed by atoms with E-state index in [1.165, 1.54) is 0 Å². The summed E-state index contributed by atoms with van der Waals surface area (Å²) in [6, 6.07) is 1.98. The van der Waals surface area contributed by atoms with E-state index in [4.69, 9.17) is 5.73 Å². The van der Waals surface area contributed by atoms with Gasteiger partial charge >= 0.3 is 0 Å². The van der Waals surface area contributed by atoms with Crippen molar-refractivity contribution in [2.75, 3.05) is 0 Å². The van der Waals surface area contributed by atoms with Gasteiger partial charge in [-0.2, -0.15) is 0 Å². The maximum absolute atomic E-state index is 5.41. The monoisotopic (exact) mass is 162 g/mol. The maximum atomic E-state index is 5.41. The van der Waals surface area contributed by atoms with Crippen molar-refractivity contribution in [1.29, 1.82) is 0 Å². The van der Waals surface area contributed by atoms with Crippen molar-refractivity contribution in [2.45, 2.75) is 6.54 Å². The van der Waals surface area contributed by atoms with Gasteiger partial charge in [-0.25, -0.2) is 4.98 Å². The number of H-pyrrole nitrogens is 2. The molecule has 0 aliphatic heterocycles. The molecule has 0 atom stereocenters. The first-order chi connectivity index (χ1) is 5.90. The van der Waals surface area contributed by atoms with Crippen molar-refractivity contribution in [3.8, 4) is 11.3 Å². The molecule has 12 heavy (non-hydrogen) atoms. The second kappa shape index (κ2) is 2.83. The largest absolute Gasteiger partial charge is 0.367 e. The van der Waals surface area contributed by atoms with Crippen LogP contribution in [0.25, 0.3) is 11.3 Å². The topological polar surface area (TPSA) is 70.5 Å². The van der Waals surface area contributed by atoms with E-state index in [-0.39, 0.29) is 0 Å². The summed E-state index contributed by atoms with van der Waals surface area (Å²) in [6.07, 6.45) is 5.57. The average molecular weight is 162 g/mol. The molecule has 2 rings (SSSR count). The van der Waals surface area contributed by atoms with Crippen LogP contribution in [0.1, 0.15) is 5.82 Å². The number of hydrogen-bond donors (Lipinski definition) is 3. The Morgan fingerprint density at radius 2 is 2.42 bits per heavy atom. The lowest BCUT2D eigenvalue weighted by Gasteiger charge is -1.89. The van der Waals surface area contributed by atoms with Crippen LogP contribution in [0.4, 0.5) is 0 Å². The van der Waals surface area contributed by atoms with E-state index in [0.29, 0.717) is 6.54 Å². The number of aromatic amines is 2. The van der Waals surface area contributed by atoms with Gasteiger partial charge in [0.2, 0.25) is 0 Å². The van der Waals surface area contributed by atoms with Gasteiger partial charge in [0.1, 0.15) is 5.82 Å². The van der Waals surface area contributed by atoms with Crippen LogP contribution in [-0.4, -0.2) is 15.0 Å². The Morgan fingerprint density at radius 3 is 3.00 bits per heavy atom. The minimum atomic E-state index is 0.449. The molecule has 4 N–H and O–H groups in total. The molecule has 0 saturated heterocycles. The molecule has 0 aliphatic carbocycles. The third-order valence-corrected chi connectivity index (χ3v) is 1.73. The number of rotatable bonds is 2. The number of aromatic nitrogens is 3. The Balaban J connectivity index is 2.35. The van der Waals surface area contributed by atoms with Gasteiger partial charge in [0.05, 0.1) is 18.4 Å². The third kappa shape index (κ3) is 1.12. The standard InChI is InChI=1S/C8H10N4/c9-3-8-11-5-7(12-8)6-1-2-10-4-6/h1-2,4-5,10H,3,9H2,(H,11,12). The van der Waals surface area contributed by atoms with Crippen molar-refractivity contribution in [3.63, 3.8) is 0 Å². The zero-order chi connectivity index (χ0) is 8.39. The van der Waals surface area contributed by atoms with E-state index < -0.39 is 0 Å². The van der Waals surface area contributed by atoms with E-state index in [9.17, 15) is 0 Å². The summed E-state index contributed by atoms with van der Waals surface area (Å²) < 4.78 is 0. The fourth-order valence-electron chi connectivity index (χ4n) is 1.10. The number of imidazole rings is 1. The Bertz CT molecular complexity index is 347. The smallest absolute Gasteiger partial charge is 0.120 e. The van der Waals surface area contributed by atoms with Crippen LogP contribution in [-0.2, 0) is 6.54 Å². The van der Waals surface area contributed by atoms with Crippen LogP contribution in [0.15, 0.2) is 24.7 Å². The van der Waals surface area contributed by atoms with Crippen LogP contribution < -0.4 is 5.73 Å². The lowest BCUT2D eigenvalue weighted by Crippen LogP contribution is -1.97. The number of nitrogens with one attached hydrogen (secondary N) is 2. The van der Waals surface area contributed by atoms with Gasteiger partial charge < -0.3 is 15.7 Å². The normalized spacial score (nSPS) is 10.4. The third-order valence-electron chi connectivity index (χ3n) is 1.73. The summed E-state index contributed by atoms with van der Waals surface area (Å²) in [5.41, 5.74) is 7.51. The molecular weight excluding hydrogens is 152 g/mol. The molecule has 0 aromatic carbocycles. The van der Waals surface area contributed by atoms with Gasteiger partial charge in [-0.15, -0.1) is 0 Å². The van der Waals surface area contributed by atoms with Crippen LogP contribution >= 0.6 is 0 Å². The molecule has 4 nitrogen and oxygen atoms in total. The van der Waals surface area contributed by atoms with Gasteiger partial charge in [-0.1, -0.05) is 0 Å². The van der Waals surface area contributed by atoms with Crippen molar-refractivity contribution in [2.24, 2.45) is 5.73 Å². The molecule has 0 radical (unpaired) electrons. The fourth-order valence-corrected chi connectivity index (χ4v) is 1.10. The lowest BCUT2D eigenvalue weighted by molar-refractivity contribution is 0.950. The second-order valence-electron chi connectivity index (χ2n) is 2.55. The van der Waals surface area contributed by atoms with Gasteiger partial charge in [-0.05, 0) is 6.07 Å². The van der Waals surface area contributed by atoms with Crippen LogP contribution in [0, 0.1) is 0 Å². The first kappa shape index (κ1) is 7.12. The van der Waals surface area contributed by atoms with Gasteiger partial charge in [0.25, 0.3) is 0 Å². The minimum absolute atomic E-state index is 0.449. The highest BCUT2D eigenvalue weighted by Crippen LogP contribution is 2.14. The van der Waals surface area contributed by atoms with Crippen molar-refractivity contribution in [1.82, 2.24) is 15.0 Å². The summed E-state index contributed by atoms with van der Waals surface area (Å²) in [4.78, 5) is 10.2. The molecule has 0 saturated carbocycles. The van der Waals surface area contributed by atoms with Gasteiger partial charge in [-0.3, -0.25) is 0 Å². The van der Waals surface area contributed by atoms with Crippen LogP contribution in [0.3, 0.4) is 0 Å². The molecule has 0 spiro atoms. The summed E-state index contributed by atoms with van der Waals surface area (Å²) in [5, 5.41) is 0. The first-order valence-corrected chi connectivity index (χ1v) is 3.77. The predicted molar refractivity (Wildman–Crippen MR) is 46.3 cm³/mol. The van der Waals surface area contributed by atoms with Crippen molar-refractivity contribution < 1.29 is 0 Å². The highest BCUT2D eigenvalue weighted by Gasteiger charge is 2.00. The summed E-state index contributed by atoms with van der Waals surface area (Å²) in [5.74, 6) is 0.811. The van der Waals surface area contributed by atoms with E-state index in [1.807, 2.05) is 18.5 Å². The molecule has 4 heteroatoms. The van der Waals surface area contributed by atoms with Gasteiger partial charge in [0, 0.05) is 18.0 Å². The zero-order valence-electron chi connectivity index (χ0n) is 6.54. The maximum Gasteiger partial charge on any atom is 0.120 e. The van der Waals surface area contributed by atoms with Gasteiger partial charge in [0.15, 0.2) is 0 Å². The molecular formula is C8H10N4. The number of hydrogen-bond acceptors (Lipinski definition) is 2. The fraction of sp³-hybridized carbons (Fsp3) is 0.125. The quantitative estimate of drug-likeness (QED) is 0.613. The Labute approximate surface area is 69.8 Å². The molecule has 2 heterocycles. The SMILES string of the molecule is NCc1ncc(-c2cc[nH]c2)[nH]1. The number of nitrogens with two attached hydrogens (primary N) is 1. The first-order valence-electron chi connectivity index (χ1n) is 3.77. The molecule has 0 fully saturated rings. The van der Waals surface area contributed by atoms with E-state index in [1.54, 1.807) is 6.20 Å². The highest BCUT2D eigenvalue weighted by atomic mass is 14.9. The zero-order valence-corrected chi connectivity index (χ0v) is 6.54. The summed E-state index contributed by atoms with van der Waals surface area (Å²) in [7, 11) is 0. The Kier molecular flexibility index (Phi) is 1.68. The summed E-state index contributed by atoms with van der Waals surface area (Å²) in [6.45, 7) is 0.449. The van der Waals surface area contributed by atoms with Crippen molar-refractivity contribution in [3.05, 3.63) is 30.5 Å². The van der Waals surface area contributed by atoms with E-state index >= 15 is 0 Å². The van der Waals surface area contributed by atoms with Crippen molar-refractivity contribution >= 4 is 0 Å². The minimum Gasteiger partial charge on any atom is -0.367 e. The molecule has 0 amide bonds. The molecule has 0 bridgehead atoms. The molecule has 0 aliphatic rings. The molecule has 2 aromatic heterocycles. The van der Waals surface area contributed by atoms with E-state index in [2.05, 4.69) is 15.0 Å². The van der Waals surface area contributed by atoms with E-state index in [0.717, 1.165) is 17.1 Å².